The fourth-order valence-corrected chi connectivity index (χ4v) is 1.70. The number of carbonyl (C=O) groups is 1. The first kappa shape index (κ1) is 10.7. The topological polar surface area (TPSA) is 85.0 Å². The van der Waals surface area contributed by atoms with Crippen molar-refractivity contribution in [3.8, 4) is 0 Å². The number of nitrogens with zero attached hydrogens (tertiary/aromatic N) is 2. The number of aryl methyl sites for hydroxylation is 1. The minimum Gasteiger partial charge on any atom is -0.366 e. The largest absolute Gasteiger partial charge is 0.366 e. The molecule has 0 saturated heterocycles. The predicted molar refractivity (Wildman–Crippen MR) is 61.6 cm³/mol. The number of amides is 1. The molecule has 0 radical (unpaired) electrons. The van der Waals surface area contributed by atoms with Crippen molar-refractivity contribution in [2.45, 2.75) is 6.54 Å². The number of rotatable bonds is 3. The zero-order valence-electron chi connectivity index (χ0n) is 9.16. The van der Waals surface area contributed by atoms with E-state index in [-0.39, 0.29) is 12.5 Å². The van der Waals surface area contributed by atoms with Gasteiger partial charge in [0.25, 0.3) is 0 Å². The zero-order chi connectivity index (χ0) is 11.5. The van der Waals surface area contributed by atoms with Crippen LogP contribution in [0.4, 0.5) is 5.82 Å². The summed E-state index contributed by atoms with van der Waals surface area (Å²) in [5.41, 5.74) is 7.10. The Morgan fingerprint density at radius 3 is 3.31 bits per heavy atom. The maximum atomic E-state index is 11.1. The second kappa shape index (κ2) is 4.36. The fraction of sp³-hybridized carbons (Fsp3) is 0.400. The van der Waals surface area contributed by atoms with Crippen molar-refractivity contribution in [2.75, 3.05) is 18.4 Å². The third kappa shape index (κ3) is 1.92. The monoisotopic (exact) mass is 221 g/mol. The van der Waals surface area contributed by atoms with Gasteiger partial charge in [-0.2, -0.15) is 5.10 Å². The molecule has 0 spiro atoms. The molecule has 6 nitrogen and oxygen atoms in total. The number of hydrogen-bond donors (Lipinski definition) is 3. The lowest BCUT2D eigenvalue weighted by molar-refractivity contribution is -0.119. The van der Waals surface area contributed by atoms with Crippen LogP contribution in [0.15, 0.2) is 6.08 Å². The van der Waals surface area contributed by atoms with E-state index in [0.717, 1.165) is 23.6 Å². The number of anilines is 1. The van der Waals surface area contributed by atoms with Gasteiger partial charge in [-0.05, 0) is 0 Å². The third-order valence-electron chi connectivity index (χ3n) is 2.47. The van der Waals surface area contributed by atoms with Crippen molar-refractivity contribution in [1.29, 1.82) is 0 Å². The molecule has 2 rings (SSSR count). The van der Waals surface area contributed by atoms with E-state index in [1.807, 2.05) is 19.2 Å². The normalized spacial score (nSPS) is 13.1. The van der Waals surface area contributed by atoms with Gasteiger partial charge in [-0.25, -0.2) is 0 Å². The molecule has 0 aromatic carbocycles. The molecular formula is C10H15N5O. The molecule has 1 aromatic rings. The lowest BCUT2D eigenvalue weighted by atomic mass is 10.1. The van der Waals surface area contributed by atoms with Crippen molar-refractivity contribution in [3.05, 3.63) is 17.3 Å². The van der Waals surface area contributed by atoms with E-state index in [1.54, 1.807) is 4.68 Å². The predicted octanol–water partition coefficient (Wildman–Crippen LogP) is -0.566. The van der Waals surface area contributed by atoms with Gasteiger partial charge in [-0.3, -0.25) is 9.48 Å². The van der Waals surface area contributed by atoms with Crippen molar-refractivity contribution >= 4 is 17.8 Å². The van der Waals surface area contributed by atoms with Gasteiger partial charge in [0.1, 0.15) is 5.82 Å². The average molecular weight is 221 g/mol. The number of carbonyl (C=O) groups excluding carboxylic acids is 1. The van der Waals surface area contributed by atoms with Crippen LogP contribution in [-0.2, 0) is 18.4 Å². The average Bonchev–Trinajstić information content (AvgIpc) is 2.64. The highest BCUT2D eigenvalue weighted by Crippen LogP contribution is 2.23. The van der Waals surface area contributed by atoms with Gasteiger partial charge in [0, 0.05) is 19.2 Å². The standard InChI is InChI=1S/C10H15N5O/c1-15-10-7(3-2-4-12-10)8(14-15)6-13-9(16)5-11/h2-3,12H,4-6,11H2,1H3,(H,13,16). The quantitative estimate of drug-likeness (QED) is 0.638. The molecule has 2 heterocycles. The van der Waals surface area contributed by atoms with E-state index in [9.17, 15) is 4.79 Å². The van der Waals surface area contributed by atoms with Crippen LogP contribution in [0.25, 0.3) is 6.08 Å². The van der Waals surface area contributed by atoms with Gasteiger partial charge >= 0.3 is 0 Å². The zero-order valence-corrected chi connectivity index (χ0v) is 9.16. The molecule has 0 unspecified atom stereocenters. The number of nitrogens with one attached hydrogen (secondary N) is 2. The van der Waals surface area contributed by atoms with Crippen LogP contribution in [0.5, 0.6) is 0 Å². The van der Waals surface area contributed by atoms with E-state index in [0.29, 0.717) is 6.54 Å². The molecule has 0 atom stereocenters. The van der Waals surface area contributed by atoms with Crippen LogP contribution in [0.1, 0.15) is 11.3 Å². The summed E-state index contributed by atoms with van der Waals surface area (Å²) in [6, 6.07) is 0. The lowest BCUT2D eigenvalue weighted by Gasteiger charge is -2.09. The minimum atomic E-state index is -0.174. The lowest BCUT2D eigenvalue weighted by Crippen LogP contribution is -2.30. The molecule has 6 heteroatoms. The van der Waals surface area contributed by atoms with Crippen molar-refractivity contribution in [3.63, 3.8) is 0 Å². The van der Waals surface area contributed by atoms with Gasteiger partial charge in [0.2, 0.25) is 5.91 Å². The summed E-state index contributed by atoms with van der Waals surface area (Å²) in [5.74, 6) is 0.812. The van der Waals surface area contributed by atoms with Crippen LogP contribution in [0, 0.1) is 0 Å². The minimum absolute atomic E-state index is 0.00309. The Morgan fingerprint density at radius 2 is 2.56 bits per heavy atom. The van der Waals surface area contributed by atoms with E-state index in [1.165, 1.54) is 0 Å². The van der Waals surface area contributed by atoms with E-state index in [2.05, 4.69) is 15.7 Å². The molecule has 1 aliphatic heterocycles. The van der Waals surface area contributed by atoms with Crippen LogP contribution in [0.2, 0.25) is 0 Å². The second-order valence-corrected chi connectivity index (χ2v) is 3.60. The fourth-order valence-electron chi connectivity index (χ4n) is 1.70. The van der Waals surface area contributed by atoms with Crippen molar-refractivity contribution in [2.24, 2.45) is 12.8 Å². The molecule has 4 N–H and O–H groups in total. The van der Waals surface area contributed by atoms with Gasteiger partial charge in [-0.1, -0.05) is 12.2 Å². The Balaban J connectivity index is 2.16. The van der Waals surface area contributed by atoms with Crippen molar-refractivity contribution in [1.82, 2.24) is 15.1 Å². The summed E-state index contributed by atoms with van der Waals surface area (Å²) >= 11 is 0. The highest BCUT2D eigenvalue weighted by molar-refractivity contribution is 5.78. The molecule has 1 amide bonds. The van der Waals surface area contributed by atoms with Crippen LogP contribution >= 0.6 is 0 Å². The maximum Gasteiger partial charge on any atom is 0.234 e. The first-order valence-electron chi connectivity index (χ1n) is 5.15. The molecule has 1 aromatic heterocycles. The summed E-state index contributed by atoms with van der Waals surface area (Å²) in [6.45, 7) is 1.22. The summed E-state index contributed by atoms with van der Waals surface area (Å²) in [4.78, 5) is 11.1. The van der Waals surface area contributed by atoms with Crippen molar-refractivity contribution < 1.29 is 4.79 Å². The Kier molecular flexibility index (Phi) is 2.91. The summed E-state index contributed by atoms with van der Waals surface area (Å²) in [6.07, 6.45) is 4.04. The molecule has 0 bridgehead atoms. The number of nitrogens with two attached hydrogens (primary N) is 1. The molecule has 86 valence electrons. The summed E-state index contributed by atoms with van der Waals surface area (Å²) in [7, 11) is 1.87. The van der Waals surface area contributed by atoms with E-state index < -0.39 is 0 Å². The third-order valence-corrected chi connectivity index (χ3v) is 2.47. The Hall–Kier alpha value is -1.82. The maximum absolute atomic E-state index is 11.1. The highest BCUT2D eigenvalue weighted by Gasteiger charge is 2.15. The SMILES string of the molecule is Cn1nc(CNC(=O)CN)c2c1NCC=C2. The molecule has 0 aliphatic carbocycles. The van der Waals surface area contributed by atoms with Gasteiger partial charge in [0.15, 0.2) is 0 Å². The van der Waals surface area contributed by atoms with Crippen LogP contribution < -0.4 is 16.4 Å². The van der Waals surface area contributed by atoms with Crippen LogP contribution in [0.3, 0.4) is 0 Å². The van der Waals surface area contributed by atoms with Crippen LogP contribution in [-0.4, -0.2) is 28.8 Å². The molecule has 0 fully saturated rings. The number of hydrogen-bond acceptors (Lipinski definition) is 4. The van der Waals surface area contributed by atoms with Gasteiger partial charge in [0.05, 0.1) is 18.8 Å². The molecule has 1 aliphatic rings. The first-order valence-corrected chi connectivity index (χ1v) is 5.15. The van der Waals surface area contributed by atoms with Gasteiger partial charge in [-0.15, -0.1) is 0 Å². The Morgan fingerprint density at radius 1 is 1.75 bits per heavy atom. The molecule has 0 saturated carbocycles. The first-order chi connectivity index (χ1) is 7.72. The number of aromatic nitrogens is 2. The smallest absolute Gasteiger partial charge is 0.234 e. The Labute approximate surface area is 93.5 Å². The molecule has 16 heavy (non-hydrogen) atoms. The summed E-state index contributed by atoms with van der Waals surface area (Å²) in [5, 5.41) is 10.3. The highest BCUT2D eigenvalue weighted by atomic mass is 16.1. The second-order valence-electron chi connectivity index (χ2n) is 3.60. The molecular weight excluding hydrogens is 206 g/mol. The number of fused-ring (bicyclic) bond motifs is 1. The van der Waals surface area contributed by atoms with E-state index >= 15 is 0 Å². The van der Waals surface area contributed by atoms with Gasteiger partial charge < -0.3 is 16.4 Å². The Bertz CT molecular complexity index is 435. The summed E-state index contributed by atoms with van der Waals surface area (Å²) < 4.78 is 1.78. The van der Waals surface area contributed by atoms with E-state index in [4.69, 9.17) is 5.73 Å².